The molecule has 1 saturated heterocycles. The lowest BCUT2D eigenvalue weighted by atomic mass is 10.1. The highest BCUT2D eigenvalue weighted by molar-refractivity contribution is 5.82. The summed E-state index contributed by atoms with van der Waals surface area (Å²) in [6.07, 6.45) is 3.06. The summed E-state index contributed by atoms with van der Waals surface area (Å²) in [5.74, 6) is 0.885. The van der Waals surface area contributed by atoms with Gasteiger partial charge in [0.05, 0.1) is 18.8 Å². The van der Waals surface area contributed by atoms with Crippen LogP contribution in [0.5, 0.6) is 0 Å². The van der Waals surface area contributed by atoms with Gasteiger partial charge in [0.1, 0.15) is 5.76 Å². The molecule has 1 N–H and O–H groups in total. The Morgan fingerprint density at radius 3 is 3.00 bits per heavy atom. The van der Waals surface area contributed by atoms with Crippen LogP contribution in [0.2, 0.25) is 0 Å². The molecule has 1 aromatic heterocycles. The van der Waals surface area contributed by atoms with E-state index in [9.17, 15) is 4.79 Å². The van der Waals surface area contributed by atoms with Gasteiger partial charge in [0, 0.05) is 19.7 Å². The predicted octanol–water partition coefficient (Wildman–Crippen LogP) is 0.695. The summed E-state index contributed by atoms with van der Waals surface area (Å²) in [4.78, 5) is 16.3. The number of hydrogen-bond donors (Lipinski definition) is 1. The van der Waals surface area contributed by atoms with Crippen LogP contribution in [-0.4, -0.2) is 53.6 Å². The van der Waals surface area contributed by atoms with Crippen molar-refractivity contribution in [1.82, 2.24) is 9.80 Å². The topological polar surface area (TPSA) is 56.9 Å². The molecule has 18 heavy (non-hydrogen) atoms. The van der Waals surface area contributed by atoms with Crippen molar-refractivity contribution in [3.8, 4) is 0 Å². The molecule has 2 heterocycles. The molecule has 1 atom stereocenters. The molecule has 0 radical (unpaired) electrons. The van der Waals surface area contributed by atoms with E-state index >= 15 is 0 Å². The van der Waals surface area contributed by atoms with Crippen LogP contribution in [-0.2, 0) is 11.3 Å². The molecular weight excluding hydrogens is 232 g/mol. The Morgan fingerprint density at radius 2 is 2.33 bits per heavy atom. The number of aliphatic hydroxyl groups excluding tert-OH is 1. The lowest BCUT2D eigenvalue weighted by Gasteiger charge is -2.27. The van der Waals surface area contributed by atoms with Crippen LogP contribution in [0.25, 0.3) is 0 Å². The molecule has 1 aromatic rings. The van der Waals surface area contributed by atoms with Crippen molar-refractivity contribution in [2.45, 2.75) is 25.4 Å². The maximum Gasteiger partial charge on any atom is 0.240 e. The highest BCUT2D eigenvalue weighted by Gasteiger charge is 2.30. The number of nitrogens with zero attached hydrogens (tertiary/aromatic N) is 2. The van der Waals surface area contributed by atoms with Gasteiger partial charge in [-0.05, 0) is 32.0 Å². The van der Waals surface area contributed by atoms with Gasteiger partial charge in [-0.15, -0.1) is 0 Å². The second-order valence-electron chi connectivity index (χ2n) is 4.70. The van der Waals surface area contributed by atoms with Gasteiger partial charge in [0.25, 0.3) is 0 Å². The Morgan fingerprint density at radius 1 is 1.50 bits per heavy atom. The minimum atomic E-state index is -0.215. The van der Waals surface area contributed by atoms with Crippen LogP contribution in [0.1, 0.15) is 18.6 Å². The van der Waals surface area contributed by atoms with Crippen molar-refractivity contribution in [1.29, 1.82) is 0 Å². The minimum Gasteiger partial charge on any atom is -0.467 e. The normalized spacial score (nSPS) is 22.2. The Labute approximate surface area is 107 Å². The van der Waals surface area contributed by atoms with Crippen LogP contribution in [0.15, 0.2) is 22.8 Å². The Hall–Kier alpha value is -1.33. The van der Waals surface area contributed by atoms with Crippen LogP contribution < -0.4 is 0 Å². The number of likely N-dealkylation sites (N-methyl/N-ethyl adjacent to an activating group) is 1. The molecule has 1 aliphatic rings. The molecule has 5 nitrogen and oxygen atoms in total. The van der Waals surface area contributed by atoms with Gasteiger partial charge in [-0.1, -0.05) is 0 Å². The van der Waals surface area contributed by atoms with E-state index in [4.69, 9.17) is 9.52 Å². The van der Waals surface area contributed by atoms with Gasteiger partial charge in [-0.25, -0.2) is 0 Å². The second-order valence-corrected chi connectivity index (χ2v) is 4.70. The molecular formula is C13H20N2O3. The smallest absolute Gasteiger partial charge is 0.240 e. The number of amides is 1. The second kappa shape index (κ2) is 6.02. The highest BCUT2D eigenvalue weighted by Crippen LogP contribution is 2.15. The summed E-state index contributed by atoms with van der Waals surface area (Å²) in [6.45, 7) is 2.17. The maximum absolute atomic E-state index is 12.4. The van der Waals surface area contributed by atoms with E-state index in [-0.39, 0.29) is 18.6 Å². The largest absolute Gasteiger partial charge is 0.467 e. The van der Waals surface area contributed by atoms with E-state index in [2.05, 4.69) is 0 Å². The number of aliphatic hydroxyl groups is 1. The average molecular weight is 252 g/mol. The molecule has 0 spiro atoms. The molecule has 1 unspecified atom stereocenters. The van der Waals surface area contributed by atoms with E-state index in [1.807, 2.05) is 29.0 Å². The van der Waals surface area contributed by atoms with E-state index in [1.165, 1.54) is 0 Å². The lowest BCUT2D eigenvalue weighted by Crippen LogP contribution is -2.44. The SMILES string of the molecule is CN1CCCN(Cc2ccco2)C(=O)C1CCO. The molecule has 1 fully saturated rings. The summed E-state index contributed by atoms with van der Waals surface area (Å²) < 4.78 is 5.29. The number of hydrogen-bond acceptors (Lipinski definition) is 4. The van der Waals surface area contributed by atoms with E-state index in [0.717, 1.165) is 25.3 Å². The third kappa shape index (κ3) is 2.91. The number of furan rings is 1. The minimum absolute atomic E-state index is 0.0370. The summed E-state index contributed by atoms with van der Waals surface area (Å²) in [5, 5.41) is 9.07. The quantitative estimate of drug-likeness (QED) is 0.857. The molecule has 0 saturated carbocycles. The van der Waals surface area contributed by atoms with Crippen LogP contribution in [0.4, 0.5) is 0 Å². The van der Waals surface area contributed by atoms with Crippen molar-refractivity contribution >= 4 is 5.91 Å². The van der Waals surface area contributed by atoms with E-state index in [0.29, 0.717) is 13.0 Å². The van der Waals surface area contributed by atoms with Crippen LogP contribution >= 0.6 is 0 Å². The van der Waals surface area contributed by atoms with Crippen molar-refractivity contribution in [2.75, 3.05) is 26.7 Å². The van der Waals surface area contributed by atoms with Crippen molar-refractivity contribution < 1.29 is 14.3 Å². The summed E-state index contributed by atoms with van der Waals surface area (Å²) >= 11 is 0. The molecule has 100 valence electrons. The molecule has 5 heteroatoms. The first-order valence-electron chi connectivity index (χ1n) is 6.34. The third-order valence-corrected chi connectivity index (χ3v) is 3.40. The third-order valence-electron chi connectivity index (χ3n) is 3.40. The molecule has 1 aliphatic heterocycles. The fourth-order valence-corrected chi connectivity index (χ4v) is 2.39. The van der Waals surface area contributed by atoms with Gasteiger partial charge in [0.15, 0.2) is 0 Å². The van der Waals surface area contributed by atoms with Crippen molar-refractivity contribution in [3.63, 3.8) is 0 Å². The van der Waals surface area contributed by atoms with Gasteiger partial charge >= 0.3 is 0 Å². The summed E-state index contributed by atoms with van der Waals surface area (Å²) in [7, 11) is 1.94. The summed E-state index contributed by atoms with van der Waals surface area (Å²) in [5.41, 5.74) is 0. The van der Waals surface area contributed by atoms with Crippen molar-refractivity contribution in [2.24, 2.45) is 0 Å². The number of carbonyl (C=O) groups is 1. The molecule has 2 rings (SSSR count). The Kier molecular flexibility index (Phi) is 4.38. The standard InChI is InChI=1S/C13H20N2O3/c1-14-6-3-7-15(10-11-4-2-9-18-11)13(17)12(14)5-8-16/h2,4,9,12,16H,3,5-8,10H2,1H3. The molecule has 1 amide bonds. The number of carbonyl (C=O) groups excluding carboxylic acids is 1. The van der Waals surface area contributed by atoms with Crippen LogP contribution in [0, 0.1) is 0 Å². The zero-order valence-electron chi connectivity index (χ0n) is 10.7. The highest BCUT2D eigenvalue weighted by atomic mass is 16.3. The fraction of sp³-hybridized carbons (Fsp3) is 0.615. The Balaban J connectivity index is 2.07. The first kappa shape index (κ1) is 13.1. The van der Waals surface area contributed by atoms with Crippen molar-refractivity contribution in [3.05, 3.63) is 24.2 Å². The monoisotopic (exact) mass is 252 g/mol. The van der Waals surface area contributed by atoms with E-state index in [1.54, 1.807) is 6.26 Å². The van der Waals surface area contributed by atoms with Gasteiger partial charge in [-0.3, -0.25) is 9.69 Å². The van der Waals surface area contributed by atoms with Crippen LogP contribution in [0.3, 0.4) is 0 Å². The first-order chi connectivity index (χ1) is 8.72. The van der Waals surface area contributed by atoms with Gasteiger partial charge in [0.2, 0.25) is 5.91 Å². The van der Waals surface area contributed by atoms with E-state index < -0.39 is 0 Å². The average Bonchev–Trinajstić information content (AvgIpc) is 2.82. The molecule has 0 bridgehead atoms. The maximum atomic E-state index is 12.4. The lowest BCUT2D eigenvalue weighted by molar-refractivity contribution is -0.136. The van der Waals surface area contributed by atoms with Gasteiger partial charge in [-0.2, -0.15) is 0 Å². The molecule has 0 aliphatic carbocycles. The number of rotatable bonds is 4. The predicted molar refractivity (Wildman–Crippen MR) is 66.9 cm³/mol. The zero-order chi connectivity index (χ0) is 13.0. The first-order valence-corrected chi connectivity index (χ1v) is 6.34. The zero-order valence-corrected chi connectivity index (χ0v) is 10.7. The van der Waals surface area contributed by atoms with Gasteiger partial charge < -0.3 is 14.4 Å². The summed E-state index contributed by atoms with van der Waals surface area (Å²) in [6, 6.07) is 3.49. The molecule has 0 aromatic carbocycles. The fourth-order valence-electron chi connectivity index (χ4n) is 2.39. The Bertz CT molecular complexity index is 378.